The van der Waals surface area contributed by atoms with E-state index in [-0.39, 0.29) is 21.4 Å². The van der Waals surface area contributed by atoms with E-state index in [4.69, 9.17) is 16.0 Å². The minimum Gasteiger partial charge on any atom is -0.441 e. The van der Waals surface area contributed by atoms with Crippen LogP contribution < -0.4 is 5.32 Å². The van der Waals surface area contributed by atoms with Crippen molar-refractivity contribution in [2.75, 3.05) is 18.4 Å². The number of oxazole rings is 1. The van der Waals surface area contributed by atoms with Crippen molar-refractivity contribution in [2.24, 2.45) is 5.92 Å². The van der Waals surface area contributed by atoms with Gasteiger partial charge in [0, 0.05) is 36.8 Å². The Bertz CT molecular complexity index is 1240. The van der Waals surface area contributed by atoms with Gasteiger partial charge in [0.2, 0.25) is 10.0 Å². The van der Waals surface area contributed by atoms with Crippen molar-refractivity contribution in [1.82, 2.24) is 9.29 Å². The molecule has 0 saturated carbocycles. The lowest BCUT2D eigenvalue weighted by molar-refractivity contribution is 0.102. The van der Waals surface area contributed by atoms with Gasteiger partial charge in [0.15, 0.2) is 11.7 Å². The number of hydrogen-bond donors (Lipinski definition) is 1. The number of nitrogens with zero attached hydrogens (tertiary/aromatic N) is 2. The number of amides is 1. The van der Waals surface area contributed by atoms with Gasteiger partial charge < -0.3 is 9.73 Å². The number of carbonyl (C=O) groups is 1. The fraction of sp³-hybridized carbons (Fsp3) is 0.304. The first-order chi connectivity index (χ1) is 15.2. The normalized spacial score (nSPS) is 17.3. The highest BCUT2D eigenvalue weighted by Crippen LogP contribution is 2.29. The second kappa shape index (κ2) is 9.05. The van der Waals surface area contributed by atoms with Gasteiger partial charge in [0.25, 0.3) is 5.91 Å². The summed E-state index contributed by atoms with van der Waals surface area (Å²) in [7, 11) is -3.78. The predicted octanol–water partition coefficient (Wildman–Crippen LogP) is 4.98. The number of piperidine rings is 1. The third kappa shape index (κ3) is 4.72. The molecule has 32 heavy (non-hydrogen) atoms. The molecule has 2 heterocycles. The molecule has 7 nitrogen and oxygen atoms in total. The highest BCUT2D eigenvalue weighted by molar-refractivity contribution is 7.89. The molecule has 9 heteroatoms. The van der Waals surface area contributed by atoms with Crippen LogP contribution in [0.15, 0.2) is 58.0 Å². The van der Waals surface area contributed by atoms with E-state index >= 15 is 0 Å². The van der Waals surface area contributed by atoms with Crippen LogP contribution in [-0.4, -0.2) is 36.7 Å². The summed E-state index contributed by atoms with van der Waals surface area (Å²) in [5.74, 6) is 1.07. The molecule has 4 rings (SSSR count). The molecule has 1 fully saturated rings. The maximum absolute atomic E-state index is 13.2. The van der Waals surface area contributed by atoms with Crippen molar-refractivity contribution in [3.05, 3.63) is 65.1 Å². The van der Waals surface area contributed by atoms with Crippen LogP contribution in [0.5, 0.6) is 0 Å². The highest BCUT2D eigenvalue weighted by Gasteiger charge is 2.31. The summed E-state index contributed by atoms with van der Waals surface area (Å²) < 4.78 is 33.3. The maximum Gasteiger partial charge on any atom is 0.255 e. The number of benzene rings is 2. The third-order valence-electron chi connectivity index (χ3n) is 5.48. The molecule has 0 aliphatic carbocycles. The smallest absolute Gasteiger partial charge is 0.255 e. The van der Waals surface area contributed by atoms with Crippen LogP contribution in [0.2, 0.25) is 5.02 Å². The van der Waals surface area contributed by atoms with Crippen molar-refractivity contribution >= 4 is 33.2 Å². The highest BCUT2D eigenvalue weighted by atomic mass is 35.5. The topological polar surface area (TPSA) is 92.5 Å². The molecule has 0 unspecified atom stereocenters. The zero-order valence-electron chi connectivity index (χ0n) is 17.8. The predicted molar refractivity (Wildman–Crippen MR) is 123 cm³/mol. The van der Waals surface area contributed by atoms with Crippen LogP contribution in [0.3, 0.4) is 0 Å². The second-order valence-electron chi connectivity index (χ2n) is 8.03. The Balaban J connectivity index is 1.53. The number of rotatable bonds is 5. The summed E-state index contributed by atoms with van der Waals surface area (Å²) in [6.07, 6.45) is 3.44. The SMILES string of the molecule is Cc1ncc(-c2ccc(NC(=O)c3ccc(Cl)c(S(=O)(=O)N4CCC[C@H](C)C4)c3)cc2)o1. The molecule has 1 aliphatic rings. The van der Waals surface area contributed by atoms with Crippen molar-refractivity contribution in [1.29, 1.82) is 0 Å². The Hall–Kier alpha value is -2.68. The van der Waals surface area contributed by atoms with Gasteiger partial charge in [-0.2, -0.15) is 4.31 Å². The van der Waals surface area contributed by atoms with Gasteiger partial charge >= 0.3 is 0 Å². The standard InChI is InChI=1S/C23H24ClN3O4S/c1-15-4-3-11-27(14-15)32(29,30)22-12-18(7-10-20(22)24)23(28)26-19-8-5-17(6-9-19)21-13-25-16(2)31-21/h5-10,12-13,15H,3-4,11,14H2,1-2H3,(H,26,28)/t15-/m0/s1. The zero-order chi connectivity index (χ0) is 22.9. The maximum atomic E-state index is 13.2. The van der Waals surface area contributed by atoms with E-state index in [1.165, 1.54) is 22.5 Å². The molecule has 1 amide bonds. The van der Waals surface area contributed by atoms with Crippen LogP contribution in [0.25, 0.3) is 11.3 Å². The number of aryl methyl sites for hydroxylation is 1. The Labute approximate surface area is 192 Å². The van der Waals surface area contributed by atoms with E-state index in [9.17, 15) is 13.2 Å². The van der Waals surface area contributed by atoms with Gasteiger partial charge in [0.1, 0.15) is 4.90 Å². The van der Waals surface area contributed by atoms with Gasteiger partial charge in [-0.25, -0.2) is 13.4 Å². The Morgan fingerprint density at radius 1 is 1.22 bits per heavy atom. The van der Waals surface area contributed by atoms with E-state index in [0.717, 1.165) is 18.4 Å². The van der Waals surface area contributed by atoms with Crippen LogP contribution in [-0.2, 0) is 10.0 Å². The van der Waals surface area contributed by atoms with E-state index in [0.29, 0.717) is 30.4 Å². The number of halogens is 1. The quantitative estimate of drug-likeness (QED) is 0.564. The van der Waals surface area contributed by atoms with Crippen molar-refractivity contribution < 1.29 is 17.6 Å². The minimum absolute atomic E-state index is 0.0445. The monoisotopic (exact) mass is 473 g/mol. The van der Waals surface area contributed by atoms with Crippen molar-refractivity contribution in [3.8, 4) is 11.3 Å². The number of nitrogens with one attached hydrogen (secondary N) is 1. The minimum atomic E-state index is -3.78. The van der Waals surface area contributed by atoms with Crippen LogP contribution >= 0.6 is 11.6 Å². The van der Waals surface area contributed by atoms with E-state index in [1.54, 1.807) is 25.3 Å². The molecule has 1 aliphatic heterocycles. The van der Waals surface area contributed by atoms with Crippen molar-refractivity contribution in [2.45, 2.75) is 31.6 Å². The molecule has 0 spiro atoms. The number of aromatic nitrogens is 1. The fourth-order valence-corrected chi connectivity index (χ4v) is 5.86. The lowest BCUT2D eigenvalue weighted by Crippen LogP contribution is -2.39. The van der Waals surface area contributed by atoms with Crippen LogP contribution in [0, 0.1) is 12.8 Å². The Morgan fingerprint density at radius 2 is 1.97 bits per heavy atom. The molecule has 1 atom stereocenters. The lowest BCUT2D eigenvalue weighted by Gasteiger charge is -2.30. The molecular formula is C23H24ClN3O4S. The molecule has 168 valence electrons. The summed E-state index contributed by atoms with van der Waals surface area (Å²) >= 11 is 6.23. The summed E-state index contributed by atoms with van der Waals surface area (Å²) in [6, 6.07) is 11.4. The molecule has 0 radical (unpaired) electrons. The largest absolute Gasteiger partial charge is 0.441 e. The zero-order valence-corrected chi connectivity index (χ0v) is 19.4. The molecule has 1 aromatic heterocycles. The molecule has 1 N–H and O–H groups in total. The Kier molecular flexibility index (Phi) is 6.37. The number of sulfonamides is 1. The number of carbonyl (C=O) groups excluding carboxylic acids is 1. The fourth-order valence-electron chi connectivity index (χ4n) is 3.76. The molecule has 3 aromatic rings. The average molecular weight is 474 g/mol. The Morgan fingerprint density at radius 3 is 2.62 bits per heavy atom. The van der Waals surface area contributed by atoms with Crippen LogP contribution in [0.1, 0.15) is 36.0 Å². The first-order valence-corrected chi connectivity index (χ1v) is 12.2. The lowest BCUT2D eigenvalue weighted by atomic mass is 10.0. The first-order valence-electron chi connectivity index (χ1n) is 10.4. The number of anilines is 1. The summed E-state index contributed by atoms with van der Waals surface area (Å²) in [5.41, 5.74) is 1.62. The molecule has 0 bridgehead atoms. The number of hydrogen-bond acceptors (Lipinski definition) is 5. The second-order valence-corrected chi connectivity index (χ2v) is 10.3. The van der Waals surface area contributed by atoms with Gasteiger partial charge in [-0.15, -0.1) is 0 Å². The van der Waals surface area contributed by atoms with E-state index in [2.05, 4.69) is 10.3 Å². The van der Waals surface area contributed by atoms with Gasteiger partial charge in [-0.3, -0.25) is 4.79 Å². The van der Waals surface area contributed by atoms with Gasteiger partial charge in [-0.1, -0.05) is 18.5 Å². The molecule has 1 saturated heterocycles. The molecule has 2 aromatic carbocycles. The van der Waals surface area contributed by atoms with E-state index < -0.39 is 15.9 Å². The third-order valence-corrected chi connectivity index (χ3v) is 7.83. The average Bonchev–Trinajstić information content (AvgIpc) is 3.20. The molecular weight excluding hydrogens is 450 g/mol. The summed E-state index contributed by atoms with van der Waals surface area (Å²) in [6.45, 7) is 4.70. The van der Waals surface area contributed by atoms with Gasteiger partial charge in [-0.05, 0) is 61.2 Å². The van der Waals surface area contributed by atoms with E-state index in [1.807, 2.05) is 19.1 Å². The van der Waals surface area contributed by atoms with Crippen molar-refractivity contribution in [3.63, 3.8) is 0 Å². The summed E-state index contributed by atoms with van der Waals surface area (Å²) in [5, 5.41) is 2.89. The first kappa shape index (κ1) is 22.5. The summed E-state index contributed by atoms with van der Waals surface area (Å²) in [4.78, 5) is 16.8. The van der Waals surface area contributed by atoms with Crippen LogP contribution in [0.4, 0.5) is 5.69 Å². The van der Waals surface area contributed by atoms with Gasteiger partial charge in [0.05, 0.1) is 11.2 Å².